The molecule has 0 spiro atoms. The average molecular weight is 407 g/mol. The third-order valence-corrected chi connectivity index (χ3v) is 4.77. The standard InChI is InChI=1S/C24H30N4O2/c1-4-29-13-14-30-23-15-18(2)9-10-20(23)17-28-24(25-3)27-16-19-11-12-26-22-8-6-5-7-21(19)22/h5-12,15H,4,13-14,16-17H2,1-3H3,(H2,25,27,28). The molecule has 0 aliphatic rings. The molecule has 1 heterocycles. The second-order valence-electron chi connectivity index (χ2n) is 6.92. The highest BCUT2D eigenvalue weighted by Gasteiger charge is 2.07. The van der Waals surface area contributed by atoms with Gasteiger partial charge in [0.1, 0.15) is 12.4 Å². The minimum Gasteiger partial charge on any atom is -0.491 e. The maximum atomic E-state index is 5.93. The summed E-state index contributed by atoms with van der Waals surface area (Å²) in [6.45, 7) is 7.13. The fourth-order valence-corrected chi connectivity index (χ4v) is 3.18. The number of guanidine groups is 1. The molecule has 6 nitrogen and oxygen atoms in total. The molecule has 0 amide bonds. The Morgan fingerprint density at radius 3 is 2.60 bits per heavy atom. The Balaban J connectivity index is 1.60. The van der Waals surface area contributed by atoms with Gasteiger partial charge in [-0.15, -0.1) is 0 Å². The van der Waals surface area contributed by atoms with E-state index in [1.54, 1.807) is 7.05 Å². The normalized spacial score (nSPS) is 11.5. The van der Waals surface area contributed by atoms with Crippen LogP contribution in [-0.4, -0.2) is 37.8 Å². The summed E-state index contributed by atoms with van der Waals surface area (Å²) in [4.78, 5) is 8.77. The Morgan fingerprint density at radius 1 is 1.00 bits per heavy atom. The third kappa shape index (κ3) is 5.94. The van der Waals surface area contributed by atoms with Crippen LogP contribution in [-0.2, 0) is 17.8 Å². The van der Waals surface area contributed by atoms with Crippen molar-refractivity contribution in [3.05, 3.63) is 71.4 Å². The van der Waals surface area contributed by atoms with Gasteiger partial charge in [-0.2, -0.15) is 0 Å². The van der Waals surface area contributed by atoms with Crippen molar-refractivity contribution in [3.8, 4) is 5.75 Å². The van der Waals surface area contributed by atoms with E-state index >= 15 is 0 Å². The van der Waals surface area contributed by atoms with Crippen molar-refractivity contribution < 1.29 is 9.47 Å². The van der Waals surface area contributed by atoms with Crippen molar-refractivity contribution in [1.29, 1.82) is 0 Å². The van der Waals surface area contributed by atoms with Crippen LogP contribution in [0, 0.1) is 6.92 Å². The van der Waals surface area contributed by atoms with Crippen LogP contribution in [0.3, 0.4) is 0 Å². The summed E-state index contributed by atoms with van der Waals surface area (Å²) in [5.74, 6) is 1.61. The second kappa shape index (κ2) is 11.2. The molecule has 3 aromatic rings. The number of nitrogens with zero attached hydrogens (tertiary/aromatic N) is 2. The Kier molecular flexibility index (Phi) is 8.03. The monoisotopic (exact) mass is 406 g/mol. The summed E-state index contributed by atoms with van der Waals surface area (Å²) >= 11 is 0. The molecule has 0 fully saturated rings. The third-order valence-electron chi connectivity index (χ3n) is 4.77. The van der Waals surface area contributed by atoms with Crippen molar-refractivity contribution in [2.24, 2.45) is 4.99 Å². The van der Waals surface area contributed by atoms with E-state index in [0.29, 0.717) is 32.9 Å². The van der Waals surface area contributed by atoms with Crippen molar-refractivity contribution >= 4 is 16.9 Å². The number of hydrogen-bond acceptors (Lipinski definition) is 4. The molecular formula is C24H30N4O2. The number of para-hydroxylation sites is 1. The summed E-state index contributed by atoms with van der Waals surface area (Å²) in [5.41, 5.74) is 4.42. The highest BCUT2D eigenvalue weighted by atomic mass is 16.5. The highest BCUT2D eigenvalue weighted by molar-refractivity contribution is 5.83. The zero-order valence-electron chi connectivity index (χ0n) is 17.9. The molecule has 0 aliphatic carbocycles. The first-order valence-electron chi connectivity index (χ1n) is 10.3. The summed E-state index contributed by atoms with van der Waals surface area (Å²) < 4.78 is 11.3. The highest BCUT2D eigenvalue weighted by Crippen LogP contribution is 2.20. The molecule has 3 rings (SSSR count). The lowest BCUT2D eigenvalue weighted by Crippen LogP contribution is -2.36. The van der Waals surface area contributed by atoms with Gasteiger partial charge in [0.25, 0.3) is 0 Å². The van der Waals surface area contributed by atoms with Crippen LogP contribution >= 0.6 is 0 Å². The molecule has 0 saturated heterocycles. The minimum absolute atomic E-state index is 0.534. The van der Waals surface area contributed by atoms with Crippen molar-refractivity contribution in [1.82, 2.24) is 15.6 Å². The molecule has 0 radical (unpaired) electrons. The summed E-state index contributed by atoms with van der Waals surface area (Å²) in [6, 6.07) is 16.4. The van der Waals surface area contributed by atoms with Crippen molar-refractivity contribution in [2.45, 2.75) is 26.9 Å². The van der Waals surface area contributed by atoms with E-state index in [4.69, 9.17) is 9.47 Å². The van der Waals surface area contributed by atoms with Crippen molar-refractivity contribution in [2.75, 3.05) is 26.9 Å². The van der Waals surface area contributed by atoms with Crippen LogP contribution in [0.5, 0.6) is 5.75 Å². The fraction of sp³-hybridized carbons (Fsp3) is 0.333. The molecule has 30 heavy (non-hydrogen) atoms. The molecule has 2 N–H and O–H groups in total. The Morgan fingerprint density at radius 2 is 1.80 bits per heavy atom. The Bertz CT molecular complexity index is 983. The van der Waals surface area contributed by atoms with Crippen LogP contribution in [0.1, 0.15) is 23.6 Å². The van der Waals surface area contributed by atoms with E-state index in [2.05, 4.69) is 51.8 Å². The Labute approximate surface area is 178 Å². The van der Waals surface area contributed by atoms with Crippen LogP contribution in [0.4, 0.5) is 0 Å². The average Bonchev–Trinajstić information content (AvgIpc) is 2.78. The fourth-order valence-electron chi connectivity index (χ4n) is 3.18. The van der Waals surface area contributed by atoms with E-state index in [1.807, 2.05) is 37.4 Å². The van der Waals surface area contributed by atoms with Gasteiger partial charge in [0.2, 0.25) is 0 Å². The van der Waals surface area contributed by atoms with Gasteiger partial charge in [0.15, 0.2) is 5.96 Å². The molecule has 0 bridgehead atoms. The zero-order valence-corrected chi connectivity index (χ0v) is 17.9. The molecule has 0 atom stereocenters. The molecule has 2 aromatic carbocycles. The van der Waals surface area contributed by atoms with Gasteiger partial charge in [-0.3, -0.25) is 9.98 Å². The van der Waals surface area contributed by atoms with Gasteiger partial charge in [0.05, 0.1) is 12.1 Å². The first-order chi connectivity index (χ1) is 14.7. The van der Waals surface area contributed by atoms with E-state index in [0.717, 1.165) is 33.7 Å². The second-order valence-corrected chi connectivity index (χ2v) is 6.92. The van der Waals surface area contributed by atoms with Gasteiger partial charge in [-0.1, -0.05) is 30.3 Å². The molecule has 6 heteroatoms. The molecular weight excluding hydrogens is 376 g/mol. The van der Waals surface area contributed by atoms with Crippen LogP contribution in [0.2, 0.25) is 0 Å². The van der Waals surface area contributed by atoms with E-state index in [1.165, 1.54) is 5.56 Å². The topological polar surface area (TPSA) is 67.8 Å². The Hall–Kier alpha value is -3.12. The maximum Gasteiger partial charge on any atom is 0.191 e. The molecule has 0 saturated carbocycles. The van der Waals surface area contributed by atoms with Gasteiger partial charge in [-0.25, -0.2) is 0 Å². The largest absolute Gasteiger partial charge is 0.491 e. The summed E-state index contributed by atoms with van der Waals surface area (Å²) in [7, 11) is 1.77. The number of aryl methyl sites for hydroxylation is 1. The number of ether oxygens (including phenoxy) is 2. The van der Waals surface area contributed by atoms with Gasteiger partial charge in [-0.05, 0) is 43.2 Å². The maximum absolute atomic E-state index is 5.93. The van der Waals surface area contributed by atoms with Crippen molar-refractivity contribution in [3.63, 3.8) is 0 Å². The van der Waals surface area contributed by atoms with E-state index in [-0.39, 0.29) is 0 Å². The number of pyridine rings is 1. The number of fused-ring (bicyclic) bond motifs is 1. The summed E-state index contributed by atoms with van der Waals surface area (Å²) in [6.07, 6.45) is 1.84. The van der Waals surface area contributed by atoms with Gasteiger partial charge in [0, 0.05) is 43.9 Å². The SMILES string of the molecule is CCOCCOc1cc(C)ccc1CNC(=NC)NCc1ccnc2ccccc12. The van der Waals surface area contributed by atoms with E-state index < -0.39 is 0 Å². The lowest BCUT2D eigenvalue weighted by molar-refractivity contribution is 0.110. The lowest BCUT2D eigenvalue weighted by atomic mass is 10.1. The number of aliphatic imine (C=N–C) groups is 1. The number of rotatable bonds is 9. The first-order valence-corrected chi connectivity index (χ1v) is 10.3. The number of hydrogen-bond donors (Lipinski definition) is 2. The van der Waals surface area contributed by atoms with E-state index in [9.17, 15) is 0 Å². The van der Waals surface area contributed by atoms with Gasteiger partial charge >= 0.3 is 0 Å². The lowest BCUT2D eigenvalue weighted by Gasteiger charge is -2.16. The van der Waals surface area contributed by atoms with Crippen LogP contribution in [0.25, 0.3) is 10.9 Å². The zero-order chi connectivity index (χ0) is 21.2. The predicted octanol–water partition coefficient (Wildman–Crippen LogP) is 3.82. The quantitative estimate of drug-likeness (QED) is 0.321. The molecule has 0 aliphatic heterocycles. The molecule has 1 aromatic heterocycles. The van der Waals surface area contributed by atoms with Crippen LogP contribution < -0.4 is 15.4 Å². The number of aromatic nitrogens is 1. The summed E-state index contributed by atoms with van der Waals surface area (Å²) in [5, 5.41) is 7.91. The number of nitrogens with one attached hydrogen (secondary N) is 2. The minimum atomic E-state index is 0.534. The molecule has 0 unspecified atom stereocenters. The predicted molar refractivity (Wildman–Crippen MR) is 122 cm³/mol. The first kappa shape index (κ1) is 21.6. The van der Waals surface area contributed by atoms with Gasteiger partial charge < -0.3 is 20.1 Å². The van der Waals surface area contributed by atoms with Crippen LogP contribution in [0.15, 0.2) is 59.7 Å². The molecule has 158 valence electrons. The smallest absolute Gasteiger partial charge is 0.191 e. The number of benzene rings is 2.